The molecule has 0 fully saturated rings. The number of hydrogen-bond donors (Lipinski definition) is 3. The molecule has 31 heavy (non-hydrogen) atoms. The number of para-hydroxylation sites is 1. The summed E-state index contributed by atoms with van der Waals surface area (Å²) in [6.45, 7) is 4.92. The molecule has 0 aliphatic carbocycles. The summed E-state index contributed by atoms with van der Waals surface area (Å²) in [5.74, 6) is -0.700. The smallest absolute Gasteiger partial charge is 0.274 e. The highest BCUT2D eigenvalue weighted by molar-refractivity contribution is 6.10. The molecule has 4 aromatic rings. The summed E-state index contributed by atoms with van der Waals surface area (Å²) in [5, 5.41) is 10.8. The lowest BCUT2D eigenvalue weighted by Crippen LogP contribution is -2.32. The number of H-pyrrole nitrogens is 1. The highest BCUT2D eigenvalue weighted by atomic mass is 16.5. The second kappa shape index (κ2) is 8.57. The minimum Gasteiger partial charge on any atom is -0.353 e. The summed E-state index contributed by atoms with van der Waals surface area (Å²) >= 11 is 0. The molecule has 3 N–H and O–H groups in total. The zero-order valence-corrected chi connectivity index (χ0v) is 17.5. The van der Waals surface area contributed by atoms with Gasteiger partial charge in [0.15, 0.2) is 0 Å². The van der Waals surface area contributed by atoms with Crippen molar-refractivity contribution in [1.29, 1.82) is 0 Å². The van der Waals surface area contributed by atoms with E-state index in [1.165, 1.54) is 0 Å². The van der Waals surface area contributed by atoms with E-state index >= 15 is 0 Å². The molecule has 7 heteroatoms. The molecule has 0 bridgehead atoms. The predicted molar refractivity (Wildman–Crippen MR) is 119 cm³/mol. The highest BCUT2D eigenvalue weighted by Crippen LogP contribution is 2.27. The molecule has 158 valence electrons. The summed E-state index contributed by atoms with van der Waals surface area (Å²) in [7, 11) is 0. The van der Waals surface area contributed by atoms with Crippen LogP contribution in [0.1, 0.15) is 45.4 Å². The van der Waals surface area contributed by atoms with E-state index in [1.807, 2.05) is 44.2 Å². The van der Waals surface area contributed by atoms with Crippen LogP contribution in [-0.2, 0) is 6.54 Å². The standard InChI is InChI=1S/C24H24N4O3/c1-3-12-28(14-16-8-10-17(11-9-16)23(29)27-31)24(30)21-13-19-18-6-4-5-7-20(18)26-22(19)15(2)25-21/h4-11,13,26,31H,3,12,14H2,1-2H3,(H,27,29). The molecular weight excluding hydrogens is 392 g/mol. The van der Waals surface area contributed by atoms with E-state index in [0.29, 0.717) is 24.3 Å². The molecule has 7 nitrogen and oxygen atoms in total. The molecule has 2 aromatic carbocycles. The summed E-state index contributed by atoms with van der Waals surface area (Å²) < 4.78 is 0. The molecule has 0 radical (unpaired) electrons. The first-order valence-electron chi connectivity index (χ1n) is 10.2. The third-order valence-corrected chi connectivity index (χ3v) is 5.37. The molecule has 0 spiro atoms. The number of nitrogens with one attached hydrogen (secondary N) is 2. The van der Waals surface area contributed by atoms with E-state index in [1.54, 1.807) is 34.6 Å². The van der Waals surface area contributed by atoms with Crippen LogP contribution in [0.25, 0.3) is 21.8 Å². The van der Waals surface area contributed by atoms with Gasteiger partial charge < -0.3 is 9.88 Å². The monoisotopic (exact) mass is 416 g/mol. The zero-order valence-electron chi connectivity index (χ0n) is 17.5. The number of aromatic nitrogens is 2. The molecule has 4 rings (SSSR count). The van der Waals surface area contributed by atoms with Crippen LogP contribution in [0.3, 0.4) is 0 Å². The molecule has 0 aliphatic heterocycles. The van der Waals surface area contributed by atoms with E-state index in [9.17, 15) is 9.59 Å². The number of hydroxylamine groups is 1. The van der Waals surface area contributed by atoms with E-state index in [-0.39, 0.29) is 5.91 Å². The van der Waals surface area contributed by atoms with Crippen molar-refractivity contribution < 1.29 is 14.8 Å². The van der Waals surface area contributed by atoms with E-state index in [0.717, 1.165) is 39.5 Å². The third-order valence-electron chi connectivity index (χ3n) is 5.37. The molecule has 0 unspecified atom stereocenters. The van der Waals surface area contributed by atoms with Gasteiger partial charge in [-0.2, -0.15) is 0 Å². The first-order chi connectivity index (χ1) is 15.0. The number of aromatic amines is 1. The molecule has 0 saturated heterocycles. The van der Waals surface area contributed by atoms with Crippen LogP contribution < -0.4 is 5.48 Å². The van der Waals surface area contributed by atoms with E-state index < -0.39 is 5.91 Å². The minimum absolute atomic E-state index is 0.130. The van der Waals surface area contributed by atoms with Gasteiger partial charge in [0.2, 0.25) is 0 Å². The first kappa shape index (κ1) is 20.6. The average Bonchev–Trinajstić information content (AvgIpc) is 3.17. The van der Waals surface area contributed by atoms with Gasteiger partial charge in [0.1, 0.15) is 5.69 Å². The Hall–Kier alpha value is -3.71. The Morgan fingerprint density at radius 3 is 2.55 bits per heavy atom. The second-order valence-corrected chi connectivity index (χ2v) is 7.55. The van der Waals surface area contributed by atoms with Gasteiger partial charge in [-0.25, -0.2) is 10.5 Å². The van der Waals surface area contributed by atoms with Crippen molar-refractivity contribution in [2.24, 2.45) is 0 Å². The lowest BCUT2D eigenvalue weighted by atomic mass is 10.1. The Morgan fingerprint density at radius 1 is 1.10 bits per heavy atom. The lowest BCUT2D eigenvalue weighted by Gasteiger charge is -2.22. The highest BCUT2D eigenvalue weighted by Gasteiger charge is 2.20. The van der Waals surface area contributed by atoms with Crippen molar-refractivity contribution in [3.63, 3.8) is 0 Å². The largest absolute Gasteiger partial charge is 0.353 e. The number of fused-ring (bicyclic) bond motifs is 3. The van der Waals surface area contributed by atoms with Gasteiger partial charge in [0.25, 0.3) is 11.8 Å². The summed E-state index contributed by atoms with van der Waals surface area (Å²) in [4.78, 5) is 34.6. The second-order valence-electron chi connectivity index (χ2n) is 7.55. The summed E-state index contributed by atoms with van der Waals surface area (Å²) in [6, 6.07) is 16.7. The van der Waals surface area contributed by atoms with E-state index in [2.05, 4.69) is 9.97 Å². The number of carbonyl (C=O) groups is 2. The summed E-state index contributed by atoms with van der Waals surface area (Å²) in [5.41, 5.74) is 6.02. The number of carbonyl (C=O) groups excluding carboxylic acids is 2. The molecule has 0 aliphatic rings. The molecular formula is C24H24N4O3. The van der Waals surface area contributed by atoms with Crippen LogP contribution in [0.15, 0.2) is 54.6 Å². The van der Waals surface area contributed by atoms with Crippen molar-refractivity contribution >= 4 is 33.6 Å². The van der Waals surface area contributed by atoms with Crippen LogP contribution in [0.4, 0.5) is 0 Å². The Kier molecular flexibility index (Phi) is 5.68. The number of benzene rings is 2. The predicted octanol–water partition coefficient (Wildman–Crippen LogP) is 4.20. The van der Waals surface area contributed by atoms with Gasteiger partial charge in [-0.3, -0.25) is 14.8 Å². The lowest BCUT2D eigenvalue weighted by molar-refractivity contribution is 0.0704. The number of aryl methyl sites for hydroxylation is 1. The fourth-order valence-corrected chi connectivity index (χ4v) is 3.84. The molecule has 0 saturated carbocycles. The maximum absolute atomic E-state index is 13.4. The Labute approximate surface area is 179 Å². The van der Waals surface area contributed by atoms with Gasteiger partial charge in [-0.05, 0) is 43.2 Å². The molecule has 0 atom stereocenters. The first-order valence-corrected chi connectivity index (χ1v) is 10.2. The SMILES string of the molecule is CCCN(Cc1ccc(C(=O)NO)cc1)C(=O)c1cc2c([nH]c3ccccc32)c(C)n1. The van der Waals surface area contributed by atoms with Crippen LogP contribution >= 0.6 is 0 Å². The van der Waals surface area contributed by atoms with Gasteiger partial charge in [-0.1, -0.05) is 37.3 Å². The van der Waals surface area contributed by atoms with Crippen molar-refractivity contribution in [2.75, 3.05) is 6.54 Å². The van der Waals surface area contributed by atoms with Crippen LogP contribution in [0.5, 0.6) is 0 Å². The van der Waals surface area contributed by atoms with Crippen molar-refractivity contribution in [3.05, 3.63) is 77.1 Å². The quantitative estimate of drug-likeness (QED) is 0.324. The van der Waals surface area contributed by atoms with Gasteiger partial charge >= 0.3 is 0 Å². The van der Waals surface area contributed by atoms with Crippen molar-refractivity contribution in [1.82, 2.24) is 20.3 Å². The van der Waals surface area contributed by atoms with Crippen molar-refractivity contribution in [3.8, 4) is 0 Å². The van der Waals surface area contributed by atoms with Crippen molar-refractivity contribution in [2.45, 2.75) is 26.8 Å². The number of hydrogen-bond acceptors (Lipinski definition) is 4. The normalized spacial score (nSPS) is 11.1. The third kappa shape index (κ3) is 4.00. The fourth-order valence-electron chi connectivity index (χ4n) is 3.84. The van der Waals surface area contributed by atoms with Crippen LogP contribution in [0.2, 0.25) is 0 Å². The number of rotatable bonds is 6. The van der Waals surface area contributed by atoms with Gasteiger partial charge in [-0.15, -0.1) is 0 Å². The van der Waals surface area contributed by atoms with E-state index in [4.69, 9.17) is 5.21 Å². The summed E-state index contributed by atoms with van der Waals surface area (Å²) in [6.07, 6.45) is 0.811. The molecule has 2 amide bonds. The zero-order chi connectivity index (χ0) is 22.0. The Balaban J connectivity index is 1.65. The van der Waals surface area contributed by atoms with Gasteiger partial charge in [0, 0.05) is 34.9 Å². The maximum atomic E-state index is 13.4. The minimum atomic E-state index is -0.570. The molecule has 2 aromatic heterocycles. The Bertz CT molecular complexity index is 1260. The van der Waals surface area contributed by atoms with Crippen LogP contribution in [0, 0.1) is 6.92 Å². The number of pyridine rings is 1. The topological polar surface area (TPSA) is 98.3 Å². The van der Waals surface area contributed by atoms with Gasteiger partial charge in [0.05, 0.1) is 11.2 Å². The fraction of sp³-hybridized carbons (Fsp3) is 0.208. The number of amides is 2. The number of nitrogens with zero attached hydrogens (tertiary/aromatic N) is 2. The maximum Gasteiger partial charge on any atom is 0.274 e. The Morgan fingerprint density at radius 2 is 1.84 bits per heavy atom. The molecule has 2 heterocycles. The van der Waals surface area contributed by atoms with Crippen LogP contribution in [-0.4, -0.2) is 38.4 Å². The average molecular weight is 416 g/mol.